The molecule has 1 N–H and O–H groups in total. The van der Waals surface area contributed by atoms with E-state index in [2.05, 4.69) is 5.32 Å². The molecule has 22 heavy (non-hydrogen) atoms. The molecule has 0 radical (unpaired) electrons. The molecule has 1 aliphatic heterocycles. The Morgan fingerprint density at radius 3 is 2.91 bits per heavy atom. The summed E-state index contributed by atoms with van der Waals surface area (Å²) in [5.41, 5.74) is 0.111. The van der Waals surface area contributed by atoms with E-state index in [9.17, 15) is 13.6 Å². The fourth-order valence-corrected chi connectivity index (χ4v) is 2.36. The highest BCUT2D eigenvalue weighted by molar-refractivity contribution is 5.80. The molecule has 0 saturated carbocycles. The summed E-state index contributed by atoms with van der Waals surface area (Å²) >= 11 is 0. The summed E-state index contributed by atoms with van der Waals surface area (Å²) in [4.78, 5) is 12.0. The van der Waals surface area contributed by atoms with Gasteiger partial charge in [-0.25, -0.2) is 8.78 Å². The van der Waals surface area contributed by atoms with Gasteiger partial charge >= 0.3 is 0 Å². The molecule has 1 fully saturated rings. The monoisotopic (exact) mass is 313 g/mol. The third-order valence-electron chi connectivity index (χ3n) is 3.71. The van der Waals surface area contributed by atoms with Crippen molar-refractivity contribution in [3.05, 3.63) is 35.4 Å². The lowest BCUT2D eigenvalue weighted by Gasteiger charge is -2.20. The maximum atomic E-state index is 13.7. The molecule has 0 aromatic heterocycles. The van der Waals surface area contributed by atoms with Gasteiger partial charge in [0.05, 0.1) is 18.8 Å². The Labute approximate surface area is 128 Å². The van der Waals surface area contributed by atoms with Gasteiger partial charge in [-0.05, 0) is 44.9 Å². The van der Waals surface area contributed by atoms with Gasteiger partial charge in [0.2, 0.25) is 5.91 Å². The van der Waals surface area contributed by atoms with Crippen LogP contribution in [0.5, 0.6) is 0 Å². The summed E-state index contributed by atoms with van der Waals surface area (Å²) in [6.07, 6.45) is 1.29. The SMILES string of the molecule is C[C@H](OC[C@@H]1CCCO1)C(=O)N[C@@H](C)c1cc(F)ccc1F. The number of benzene rings is 1. The molecule has 0 unspecified atom stereocenters. The second-order valence-electron chi connectivity index (χ2n) is 5.51. The number of carbonyl (C=O) groups excluding carboxylic acids is 1. The van der Waals surface area contributed by atoms with E-state index in [1.54, 1.807) is 13.8 Å². The Bertz CT molecular complexity index is 518. The lowest BCUT2D eigenvalue weighted by Crippen LogP contribution is -2.37. The maximum absolute atomic E-state index is 13.7. The number of hydrogen-bond acceptors (Lipinski definition) is 3. The highest BCUT2D eigenvalue weighted by Gasteiger charge is 2.22. The number of rotatable bonds is 6. The van der Waals surface area contributed by atoms with Gasteiger partial charge in [0, 0.05) is 12.2 Å². The van der Waals surface area contributed by atoms with Crippen molar-refractivity contribution in [2.45, 2.75) is 44.9 Å². The van der Waals surface area contributed by atoms with Crippen molar-refractivity contribution in [1.82, 2.24) is 5.32 Å². The van der Waals surface area contributed by atoms with Crippen LogP contribution in [0, 0.1) is 11.6 Å². The third-order valence-corrected chi connectivity index (χ3v) is 3.71. The molecule has 2 rings (SSSR count). The molecular formula is C16H21F2NO3. The van der Waals surface area contributed by atoms with E-state index < -0.39 is 23.8 Å². The summed E-state index contributed by atoms with van der Waals surface area (Å²) in [5.74, 6) is -1.46. The van der Waals surface area contributed by atoms with Crippen LogP contribution in [0.15, 0.2) is 18.2 Å². The molecule has 3 atom stereocenters. The molecule has 1 heterocycles. The quantitative estimate of drug-likeness (QED) is 0.878. The van der Waals surface area contributed by atoms with Gasteiger partial charge < -0.3 is 14.8 Å². The molecular weight excluding hydrogens is 292 g/mol. The average Bonchev–Trinajstić information content (AvgIpc) is 3.00. The topological polar surface area (TPSA) is 47.6 Å². The van der Waals surface area contributed by atoms with Gasteiger partial charge in [0.15, 0.2) is 0 Å². The minimum Gasteiger partial charge on any atom is -0.376 e. The first kappa shape index (κ1) is 16.8. The lowest BCUT2D eigenvalue weighted by atomic mass is 10.1. The number of nitrogens with one attached hydrogen (secondary N) is 1. The number of ether oxygens (including phenoxy) is 2. The Balaban J connectivity index is 1.85. The van der Waals surface area contributed by atoms with Gasteiger partial charge in [-0.15, -0.1) is 0 Å². The third kappa shape index (κ3) is 4.48. The van der Waals surface area contributed by atoms with Crippen LogP contribution in [0.25, 0.3) is 0 Å². The van der Waals surface area contributed by atoms with E-state index in [0.717, 1.165) is 37.6 Å². The molecule has 1 amide bonds. The molecule has 1 aromatic carbocycles. The second kappa shape index (κ2) is 7.65. The van der Waals surface area contributed by atoms with E-state index in [0.29, 0.717) is 6.61 Å². The van der Waals surface area contributed by atoms with Crippen molar-refractivity contribution in [2.75, 3.05) is 13.2 Å². The molecule has 122 valence electrons. The summed E-state index contributed by atoms with van der Waals surface area (Å²) in [7, 11) is 0. The van der Waals surface area contributed by atoms with Crippen molar-refractivity contribution in [3.8, 4) is 0 Å². The van der Waals surface area contributed by atoms with E-state index >= 15 is 0 Å². The minimum absolute atomic E-state index is 0.0355. The molecule has 1 aliphatic rings. The summed E-state index contributed by atoms with van der Waals surface area (Å²) < 4.78 is 37.7. The van der Waals surface area contributed by atoms with Gasteiger partial charge in [-0.3, -0.25) is 4.79 Å². The minimum atomic E-state index is -0.678. The van der Waals surface area contributed by atoms with Crippen LogP contribution in [0.2, 0.25) is 0 Å². The normalized spacial score (nSPS) is 20.6. The van der Waals surface area contributed by atoms with Crippen LogP contribution in [-0.4, -0.2) is 31.3 Å². The Hall–Kier alpha value is -1.53. The molecule has 1 aromatic rings. The predicted octanol–water partition coefficient (Wildman–Crippen LogP) is 2.73. The Morgan fingerprint density at radius 1 is 1.45 bits per heavy atom. The lowest BCUT2D eigenvalue weighted by molar-refractivity contribution is -0.134. The Kier molecular flexibility index (Phi) is 5.85. The summed E-state index contributed by atoms with van der Waals surface area (Å²) in [5, 5.41) is 2.63. The predicted molar refractivity (Wildman–Crippen MR) is 77.3 cm³/mol. The van der Waals surface area contributed by atoms with Crippen LogP contribution in [0.4, 0.5) is 8.78 Å². The fourth-order valence-electron chi connectivity index (χ4n) is 2.36. The number of carbonyl (C=O) groups is 1. The van der Waals surface area contributed by atoms with Crippen molar-refractivity contribution < 1.29 is 23.0 Å². The number of halogens is 2. The zero-order valence-corrected chi connectivity index (χ0v) is 12.8. The smallest absolute Gasteiger partial charge is 0.249 e. The van der Waals surface area contributed by atoms with Crippen molar-refractivity contribution in [1.29, 1.82) is 0 Å². The van der Waals surface area contributed by atoms with Crippen LogP contribution < -0.4 is 5.32 Å². The summed E-state index contributed by atoms with van der Waals surface area (Å²) in [6.45, 7) is 4.31. The van der Waals surface area contributed by atoms with Crippen molar-refractivity contribution >= 4 is 5.91 Å². The van der Waals surface area contributed by atoms with Crippen LogP contribution in [-0.2, 0) is 14.3 Å². The van der Waals surface area contributed by atoms with Gasteiger partial charge in [0.1, 0.15) is 17.7 Å². The molecule has 4 nitrogen and oxygen atoms in total. The first-order valence-corrected chi connectivity index (χ1v) is 7.46. The Morgan fingerprint density at radius 2 is 2.23 bits per heavy atom. The second-order valence-corrected chi connectivity index (χ2v) is 5.51. The largest absolute Gasteiger partial charge is 0.376 e. The number of amides is 1. The van der Waals surface area contributed by atoms with E-state index in [1.807, 2.05) is 0 Å². The van der Waals surface area contributed by atoms with E-state index in [-0.39, 0.29) is 17.6 Å². The zero-order valence-electron chi connectivity index (χ0n) is 12.8. The molecule has 0 spiro atoms. The van der Waals surface area contributed by atoms with Crippen molar-refractivity contribution in [3.63, 3.8) is 0 Å². The van der Waals surface area contributed by atoms with Gasteiger partial charge in [-0.1, -0.05) is 0 Å². The van der Waals surface area contributed by atoms with Crippen LogP contribution >= 0.6 is 0 Å². The van der Waals surface area contributed by atoms with Crippen LogP contribution in [0.3, 0.4) is 0 Å². The maximum Gasteiger partial charge on any atom is 0.249 e. The van der Waals surface area contributed by atoms with Crippen molar-refractivity contribution in [2.24, 2.45) is 0 Å². The molecule has 1 saturated heterocycles. The fraction of sp³-hybridized carbons (Fsp3) is 0.562. The first-order valence-electron chi connectivity index (χ1n) is 7.46. The highest BCUT2D eigenvalue weighted by Crippen LogP contribution is 2.18. The zero-order chi connectivity index (χ0) is 16.1. The van der Waals surface area contributed by atoms with Gasteiger partial charge in [0.25, 0.3) is 0 Å². The molecule has 0 bridgehead atoms. The van der Waals surface area contributed by atoms with E-state index in [4.69, 9.17) is 9.47 Å². The van der Waals surface area contributed by atoms with E-state index in [1.165, 1.54) is 0 Å². The van der Waals surface area contributed by atoms with Crippen LogP contribution in [0.1, 0.15) is 38.3 Å². The standard InChI is InChI=1S/C16H21F2NO3/c1-10(14-8-12(17)5-6-15(14)18)19-16(20)11(2)22-9-13-4-3-7-21-13/h5-6,8,10-11,13H,3-4,7,9H2,1-2H3,(H,19,20)/t10-,11-,13-/m0/s1. The summed E-state index contributed by atoms with van der Waals surface area (Å²) in [6, 6.07) is 2.53. The molecule has 6 heteroatoms. The first-order chi connectivity index (χ1) is 10.5. The highest BCUT2D eigenvalue weighted by atomic mass is 19.1. The molecule has 0 aliphatic carbocycles. The number of hydrogen-bond donors (Lipinski definition) is 1. The van der Waals surface area contributed by atoms with Gasteiger partial charge in [-0.2, -0.15) is 0 Å². The average molecular weight is 313 g/mol.